The number of aryl methyl sites for hydroxylation is 1. The molecule has 2 amide bonds. The fraction of sp³-hybridized carbons (Fsp3) is 0.320. The van der Waals surface area contributed by atoms with Gasteiger partial charge in [0.15, 0.2) is 0 Å². The summed E-state index contributed by atoms with van der Waals surface area (Å²) in [6.07, 6.45) is 1.17. The number of benzene rings is 2. The molecule has 172 valence electrons. The number of likely N-dealkylation sites (tertiary alicyclic amines) is 1. The zero-order valence-corrected chi connectivity index (χ0v) is 19.5. The Morgan fingerprint density at radius 1 is 1.21 bits per heavy atom. The van der Waals surface area contributed by atoms with E-state index in [-0.39, 0.29) is 23.5 Å². The van der Waals surface area contributed by atoms with Gasteiger partial charge in [0, 0.05) is 30.9 Å². The van der Waals surface area contributed by atoms with Gasteiger partial charge in [0.25, 0.3) is 5.91 Å². The molecule has 0 atom stereocenters. The molecule has 0 unspecified atom stereocenters. The van der Waals surface area contributed by atoms with Crippen LogP contribution in [0, 0.1) is 18.7 Å². The second-order valence-corrected chi connectivity index (χ2v) is 8.96. The lowest BCUT2D eigenvalue weighted by Gasteiger charge is -2.31. The van der Waals surface area contributed by atoms with Crippen molar-refractivity contribution in [1.29, 1.82) is 0 Å². The van der Waals surface area contributed by atoms with Gasteiger partial charge < -0.3 is 15.0 Å². The van der Waals surface area contributed by atoms with Crippen LogP contribution in [-0.2, 0) is 11.3 Å². The van der Waals surface area contributed by atoms with Gasteiger partial charge in [-0.25, -0.2) is 9.37 Å². The van der Waals surface area contributed by atoms with Gasteiger partial charge in [-0.2, -0.15) is 0 Å². The molecule has 1 aliphatic heterocycles. The number of thiazole rings is 1. The summed E-state index contributed by atoms with van der Waals surface area (Å²) < 4.78 is 19.1. The first-order chi connectivity index (χ1) is 16.0. The summed E-state index contributed by atoms with van der Waals surface area (Å²) in [6.45, 7) is 2.99. The Morgan fingerprint density at radius 2 is 1.97 bits per heavy atom. The molecule has 2 heterocycles. The summed E-state index contributed by atoms with van der Waals surface area (Å²) in [6, 6.07) is 12.5. The summed E-state index contributed by atoms with van der Waals surface area (Å²) in [5.41, 5.74) is 2.57. The van der Waals surface area contributed by atoms with E-state index in [1.54, 1.807) is 30.4 Å². The first-order valence-electron chi connectivity index (χ1n) is 10.9. The summed E-state index contributed by atoms with van der Waals surface area (Å²) in [5.74, 6) is 0.0935. The molecule has 4 rings (SSSR count). The first-order valence-corrected chi connectivity index (χ1v) is 11.7. The van der Waals surface area contributed by atoms with E-state index in [1.165, 1.54) is 17.4 Å². The molecule has 3 aromatic rings. The third-order valence-electron chi connectivity index (χ3n) is 5.92. The van der Waals surface area contributed by atoms with Crippen LogP contribution in [0.1, 0.15) is 34.5 Å². The van der Waals surface area contributed by atoms with Gasteiger partial charge in [-0.1, -0.05) is 24.3 Å². The Bertz CT molecular complexity index is 1160. The maximum absolute atomic E-state index is 13.7. The fourth-order valence-corrected chi connectivity index (χ4v) is 4.73. The highest BCUT2D eigenvalue weighted by Crippen LogP contribution is 2.32. The zero-order valence-electron chi connectivity index (χ0n) is 18.6. The number of carbonyl (C=O) groups excluding carboxylic acids is 2. The monoisotopic (exact) mass is 467 g/mol. The predicted octanol–water partition coefficient (Wildman–Crippen LogP) is 4.43. The average molecular weight is 468 g/mol. The largest absolute Gasteiger partial charge is 0.496 e. The molecule has 0 aliphatic carbocycles. The number of ether oxygens (including phenoxy) is 1. The molecule has 0 spiro atoms. The maximum Gasteiger partial charge on any atom is 0.273 e. The SMILES string of the molecule is COc1ccccc1-c1nc(C(=O)N2CCC(C(=O)NCc3ccc(C)c(F)c3)CC2)cs1. The molecule has 8 heteroatoms. The van der Waals surface area contributed by atoms with Crippen LogP contribution in [0.25, 0.3) is 10.6 Å². The Morgan fingerprint density at radius 3 is 2.70 bits per heavy atom. The normalized spacial score (nSPS) is 14.2. The van der Waals surface area contributed by atoms with Gasteiger partial charge in [0.2, 0.25) is 5.91 Å². The lowest BCUT2D eigenvalue weighted by molar-refractivity contribution is -0.126. The van der Waals surface area contributed by atoms with Crippen LogP contribution in [0.3, 0.4) is 0 Å². The number of halogens is 1. The van der Waals surface area contributed by atoms with E-state index in [2.05, 4.69) is 10.3 Å². The zero-order chi connectivity index (χ0) is 23.4. The highest BCUT2D eigenvalue weighted by molar-refractivity contribution is 7.13. The van der Waals surface area contributed by atoms with Crippen molar-refractivity contribution in [1.82, 2.24) is 15.2 Å². The van der Waals surface area contributed by atoms with Gasteiger partial charge >= 0.3 is 0 Å². The van der Waals surface area contributed by atoms with Crippen LogP contribution < -0.4 is 10.1 Å². The van der Waals surface area contributed by atoms with Crippen molar-refractivity contribution in [2.75, 3.05) is 20.2 Å². The minimum Gasteiger partial charge on any atom is -0.496 e. The van der Waals surface area contributed by atoms with E-state index in [4.69, 9.17) is 4.74 Å². The molecule has 0 saturated carbocycles. The number of rotatable bonds is 6. The number of para-hydroxylation sites is 1. The van der Waals surface area contributed by atoms with E-state index >= 15 is 0 Å². The number of piperidine rings is 1. The van der Waals surface area contributed by atoms with Crippen LogP contribution in [0.2, 0.25) is 0 Å². The lowest BCUT2D eigenvalue weighted by atomic mass is 9.95. The molecular formula is C25H26FN3O3S. The van der Waals surface area contributed by atoms with E-state index in [9.17, 15) is 14.0 Å². The summed E-state index contributed by atoms with van der Waals surface area (Å²) in [5, 5.41) is 5.39. The van der Waals surface area contributed by atoms with Gasteiger partial charge in [-0.15, -0.1) is 11.3 Å². The van der Waals surface area contributed by atoms with E-state index in [0.29, 0.717) is 49.5 Å². The minimum atomic E-state index is -0.274. The molecule has 1 N–H and O–H groups in total. The van der Waals surface area contributed by atoms with Gasteiger partial charge in [-0.3, -0.25) is 9.59 Å². The van der Waals surface area contributed by atoms with Crippen LogP contribution in [0.15, 0.2) is 47.8 Å². The Hall–Kier alpha value is -3.26. The topological polar surface area (TPSA) is 71.5 Å². The van der Waals surface area contributed by atoms with Gasteiger partial charge in [0.05, 0.1) is 12.7 Å². The third-order valence-corrected chi connectivity index (χ3v) is 6.79. The highest BCUT2D eigenvalue weighted by atomic mass is 32.1. The summed E-state index contributed by atoms with van der Waals surface area (Å²) in [7, 11) is 1.61. The second-order valence-electron chi connectivity index (χ2n) is 8.11. The van der Waals surface area contributed by atoms with E-state index in [1.807, 2.05) is 30.3 Å². The number of hydrogen-bond donors (Lipinski definition) is 1. The fourth-order valence-electron chi connectivity index (χ4n) is 3.90. The molecule has 6 nitrogen and oxygen atoms in total. The Balaban J connectivity index is 1.31. The molecule has 0 radical (unpaired) electrons. The lowest BCUT2D eigenvalue weighted by Crippen LogP contribution is -2.43. The maximum atomic E-state index is 13.7. The van der Waals surface area contributed by atoms with Crippen LogP contribution in [0.5, 0.6) is 5.75 Å². The van der Waals surface area contributed by atoms with Crippen molar-refractivity contribution in [3.63, 3.8) is 0 Å². The molecule has 1 aliphatic rings. The van der Waals surface area contributed by atoms with E-state index < -0.39 is 0 Å². The Labute approximate surface area is 196 Å². The van der Waals surface area contributed by atoms with Crippen LogP contribution in [0.4, 0.5) is 4.39 Å². The van der Waals surface area contributed by atoms with Crippen LogP contribution >= 0.6 is 11.3 Å². The van der Waals surface area contributed by atoms with Crippen molar-refractivity contribution in [2.24, 2.45) is 5.92 Å². The summed E-state index contributed by atoms with van der Waals surface area (Å²) in [4.78, 5) is 31.8. The number of carbonyl (C=O) groups is 2. The Kier molecular flexibility index (Phi) is 7.03. The quantitative estimate of drug-likeness (QED) is 0.582. The number of aromatic nitrogens is 1. The van der Waals surface area contributed by atoms with Gasteiger partial charge in [-0.05, 0) is 49.1 Å². The molecule has 1 aromatic heterocycles. The first kappa shape index (κ1) is 22.9. The number of amides is 2. The minimum absolute atomic E-state index is 0.0600. The van der Waals surface area contributed by atoms with Crippen molar-refractivity contribution in [3.05, 3.63) is 70.5 Å². The second kappa shape index (κ2) is 10.1. The third kappa shape index (κ3) is 5.22. The molecule has 1 fully saturated rings. The number of methoxy groups -OCH3 is 1. The smallest absolute Gasteiger partial charge is 0.273 e. The molecule has 33 heavy (non-hydrogen) atoms. The van der Waals surface area contributed by atoms with Crippen molar-refractivity contribution >= 4 is 23.2 Å². The van der Waals surface area contributed by atoms with E-state index in [0.717, 1.165) is 16.1 Å². The predicted molar refractivity (Wildman–Crippen MR) is 126 cm³/mol. The number of nitrogens with zero attached hydrogens (tertiary/aromatic N) is 2. The highest BCUT2D eigenvalue weighted by Gasteiger charge is 2.29. The van der Waals surface area contributed by atoms with Gasteiger partial charge in [0.1, 0.15) is 22.3 Å². The summed E-state index contributed by atoms with van der Waals surface area (Å²) >= 11 is 1.41. The van der Waals surface area contributed by atoms with Crippen molar-refractivity contribution in [3.8, 4) is 16.3 Å². The number of nitrogens with one attached hydrogen (secondary N) is 1. The molecule has 0 bridgehead atoms. The van der Waals surface area contributed by atoms with Crippen molar-refractivity contribution < 1.29 is 18.7 Å². The average Bonchev–Trinajstić information content (AvgIpc) is 3.34. The number of hydrogen-bond acceptors (Lipinski definition) is 5. The van der Waals surface area contributed by atoms with Crippen molar-refractivity contribution in [2.45, 2.75) is 26.3 Å². The molecular weight excluding hydrogens is 441 g/mol. The van der Waals surface area contributed by atoms with Crippen LogP contribution in [-0.4, -0.2) is 41.9 Å². The molecule has 1 saturated heterocycles. The molecule has 2 aromatic carbocycles. The standard InChI is InChI=1S/C25H26FN3O3S/c1-16-7-8-17(13-20(16)26)14-27-23(30)18-9-11-29(12-10-18)25(31)21-15-33-24(28-21)19-5-3-4-6-22(19)32-2/h3-8,13,15,18H,9-12,14H2,1-2H3,(H,27,30).